The molecule has 49 heavy (non-hydrogen) atoms. The molecule has 0 amide bonds. The van der Waals surface area contributed by atoms with Crippen molar-refractivity contribution in [2.24, 2.45) is 29.6 Å². The van der Waals surface area contributed by atoms with Gasteiger partial charge in [0.25, 0.3) is 0 Å². The van der Waals surface area contributed by atoms with Crippen molar-refractivity contribution in [3.8, 4) is 0 Å². The van der Waals surface area contributed by atoms with Crippen molar-refractivity contribution in [3.63, 3.8) is 0 Å². The Balaban J connectivity index is 1.16. The molecule has 5 rings (SSSR count). The van der Waals surface area contributed by atoms with Crippen LogP contribution in [0.25, 0.3) is 0 Å². The van der Waals surface area contributed by atoms with Gasteiger partial charge in [-0.05, 0) is 111 Å². The molecule has 2 saturated carbocycles. The number of hydrogen-bond donors (Lipinski definition) is 5. The van der Waals surface area contributed by atoms with Crippen molar-refractivity contribution in [3.05, 3.63) is 60.1 Å². The molecule has 0 aromatic carbocycles. The molecule has 0 bridgehead atoms. The van der Waals surface area contributed by atoms with Crippen LogP contribution in [0.1, 0.15) is 134 Å². The van der Waals surface area contributed by atoms with Gasteiger partial charge >= 0.3 is 5.97 Å². The van der Waals surface area contributed by atoms with Crippen molar-refractivity contribution in [2.75, 3.05) is 5.73 Å². The molecular formula is C41H62N3O5-. The summed E-state index contributed by atoms with van der Waals surface area (Å²) in [7, 11) is 0. The fourth-order valence-electron chi connectivity index (χ4n) is 9.80. The van der Waals surface area contributed by atoms with Gasteiger partial charge in [-0.25, -0.2) is 4.98 Å². The molecule has 8 atom stereocenters. The normalized spacial score (nSPS) is 29.3. The molecule has 0 spiro atoms. The van der Waals surface area contributed by atoms with E-state index in [0.717, 1.165) is 76.3 Å². The van der Waals surface area contributed by atoms with Gasteiger partial charge in [0.2, 0.25) is 0 Å². The zero-order valence-electron chi connectivity index (χ0n) is 29.8. The molecule has 2 aromatic rings. The average molecular weight is 677 g/mol. The summed E-state index contributed by atoms with van der Waals surface area (Å²) in [4.78, 5) is 21.1. The molecule has 0 radical (unpaired) electrons. The van der Waals surface area contributed by atoms with E-state index in [4.69, 9.17) is 5.73 Å². The van der Waals surface area contributed by atoms with Gasteiger partial charge in [0.15, 0.2) is 0 Å². The first-order valence-corrected chi connectivity index (χ1v) is 19.4. The monoisotopic (exact) mass is 676 g/mol. The smallest absolute Gasteiger partial charge is 0.309 e. The Morgan fingerprint density at radius 2 is 1.86 bits per heavy atom. The summed E-state index contributed by atoms with van der Waals surface area (Å²) in [5.74, 6) is -0.436. The maximum absolute atomic E-state index is 12.4. The summed E-state index contributed by atoms with van der Waals surface area (Å²) < 4.78 is 0. The Labute approximate surface area is 294 Å². The fourth-order valence-corrected chi connectivity index (χ4v) is 9.80. The minimum atomic E-state index is -1.02. The molecule has 3 aliphatic carbocycles. The number of anilines is 1. The Hall–Kier alpha value is -2.68. The van der Waals surface area contributed by atoms with Gasteiger partial charge in [-0.2, -0.15) is 11.9 Å². The highest BCUT2D eigenvalue weighted by Gasteiger charge is 2.54. The van der Waals surface area contributed by atoms with Crippen LogP contribution in [0.3, 0.4) is 0 Å². The number of pyridine rings is 1. The highest BCUT2D eigenvalue weighted by atomic mass is 16.4. The first-order valence-electron chi connectivity index (χ1n) is 19.4. The minimum Gasteiger partial charge on any atom is -0.668 e. The number of carbonyl (C=O) groups is 1. The van der Waals surface area contributed by atoms with Crippen LogP contribution in [0, 0.1) is 29.6 Å². The number of aliphatic carboxylic acids is 1. The highest BCUT2D eigenvalue weighted by molar-refractivity contribution is 5.70. The van der Waals surface area contributed by atoms with Gasteiger partial charge in [0.05, 0.1) is 23.7 Å². The van der Waals surface area contributed by atoms with E-state index in [9.17, 15) is 25.2 Å². The number of unbranched alkanes of at least 4 members (excludes halogenated alkanes) is 4. The van der Waals surface area contributed by atoms with E-state index in [1.54, 1.807) is 12.4 Å². The quantitative estimate of drug-likeness (QED) is 0.0765. The SMILES string of the molecule is CCCCCC1C=CC(CCCCCC(C(=O)O)C(O)CCC2(O)CC(C3(c4ccnc(N)c4)CCCC3)CC2Cc2ccc[n-]2)C(O)C1. The lowest BCUT2D eigenvalue weighted by Gasteiger charge is -2.37. The van der Waals surface area contributed by atoms with E-state index in [1.807, 2.05) is 18.2 Å². The van der Waals surface area contributed by atoms with Crippen LogP contribution in [0.2, 0.25) is 0 Å². The molecule has 2 fully saturated rings. The zero-order chi connectivity index (χ0) is 34.9. The van der Waals surface area contributed by atoms with Crippen LogP contribution in [-0.2, 0) is 16.6 Å². The maximum Gasteiger partial charge on any atom is 0.309 e. The summed E-state index contributed by atoms with van der Waals surface area (Å²) in [6, 6.07) is 8.04. The number of rotatable bonds is 19. The van der Waals surface area contributed by atoms with Crippen LogP contribution in [0.4, 0.5) is 5.82 Å². The molecular weight excluding hydrogens is 614 g/mol. The zero-order valence-corrected chi connectivity index (χ0v) is 29.8. The van der Waals surface area contributed by atoms with Crippen molar-refractivity contribution in [2.45, 2.75) is 152 Å². The molecule has 6 N–H and O–H groups in total. The lowest BCUT2D eigenvalue weighted by molar-refractivity contribution is -0.146. The number of carboxylic acids is 1. The second kappa shape index (κ2) is 17.5. The molecule has 0 aliphatic heterocycles. The van der Waals surface area contributed by atoms with E-state index in [2.05, 4.69) is 35.1 Å². The van der Waals surface area contributed by atoms with Gasteiger partial charge in [0, 0.05) is 12.1 Å². The molecule has 8 unspecified atom stereocenters. The number of aliphatic hydroxyl groups is 3. The van der Waals surface area contributed by atoms with Gasteiger partial charge < -0.3 is 31.1 Å². The van der Waals surface area contributed by atoms with Crippen LogP contribution in [-0.4, -0.2) is 49.2 Å². The van der Waals surface area contributed by atoms with E-state index in [-0.39, 0.29) is 35.7 Å². The number of aromatic nitrogens is 2. The molecule has 8 heteroatoms. The predicted molar refractivity (Wildman–Crippen MR) is 194 cm³/mol. The third-order valence-electron chi connectivity index (χ3n) is 12.7. The summed E-state index contributed by atoms with van der Waals surface area (Å²) in [6.07, 6.45) is 23.4. The molecule has 0 saturated heterocycles. The van der Waals surface area contributed by atoms with Crippen LogP contribution in [0.5, 0.6) is 0 Å². The third kappa shape index (κ3) is 9.56. The first kappa shape index (κ1) is 37.6. The molecule has 272 valence electrons. The number of nitrogens with zero attached hydrogens (tertiary/aromatic N) is 2. The second-order valence-electron chi connectivity index (χ2n) is 15.9. The fraction of sp³-hybridized carbons (Fsp3) is 0.707. The number of nitrogens with two attached hydrogens (primary N) is 1. The van der Waals surface area contributed by atoms with Gasteiger partial charge in [0.1, 0.15) is 5.82 Å². The average Bonchev–Trinajstić information content (AvgIpc) is 3.85. The first-order chi connectivity index (χ1) is 23.6. The van der Waals surface area contributed by atoms with Gasteiger partial charge in [-0.15, -0.1) is 0 Å². The second-order valence-corrected chi connectivity index (χ2v) is 15.9. The van der Waals surface area contributed by atoms with Crippen molar-refractivity contribution < 1.29 is 25.2 Å². The van der Waals surface area contributed by atoms with Crippen molar-refractivity contribution >= 4 is 11.8 Å². The Bertz CT molecular complexity index is 1320. The van der Waals surface area contributed by atoms with E-state index in [0.29, 0.717) is 37.4 Å². The highest BCUT2D eigenvalue weighted by Crippen LogP contribution is 2.57. The summed E-state index contributed by atoms with van der Waals surface area (Å²) in [6.45, 7) is 2.21. The van der Waals surface area contributed by atoms with Crippen LogP contribution < -0.4 is 10.7 Å². The van der Waals surface area contributed by atoms with Crippen molar-refractivity contribution in [1.82, 2.24) is 9.97 Å². The standard InChI is InChI=1S/C41H62N3O5/c1-2-3-5-11-29-15-16-30(37(46)24-29)12-6-4-7-14-35(39(47)48)36(45)17-21-41(49)28-33(25-32(41)26-34-13-10-22-43-34)40(19-8-9-20-40)31-18-23-44-38(42)27-31/h10,13,15-16,18,22-23,27,29-30,32-33,35-37,45-46,49H,2-9,11-12,14,17,19-21,24-26,28H2,1H3,(H2,42,44)(H,47,48)/q-1. The minimum absolute atomic E-state index is 0.0321. The Kier molecular flexibility index (Phi) is 13.4. The number of aliphatic hydroxyl groups excluding tert-OH is 2. The van der Waals surface area contributed by atoms with Crippen molar-refractivity contribution in [1.29, 1.82) is 0 Å². The maximum atomic E-state index is 12.4. The number of nitrogen functional groups attached to an aromatic ring is 1. The predicted octanol–water partition coefficient (Wildman–Crippen LogP) is 7.36. The van der Waals surface area contributed by atoms with E-state index in [1.165, 1.54) is 24.8 Å². The van der Waals surface area contributed by atoms with Crippen LogP contribution in [0.15, 0.2) is 48.8 Å². The largest absolute Gasteiger partial charge is 0.668 e. The third-order valence-corrected chi connectivity index (χ3v) is 12.7. The lowest BCUT2D eigenvalue weighted by Crippen LogP contribution is -2.38. The number of allylic oxidation sites excluding steroid dienone is 1. The summed E-state index contributed by atoms with van der Waals surface area (Å²) in [5.41, 5.74) is 7.23. The molecule has 2 aromatic heterocycles. The molecule has 8 nitrogen and oxygen atoms in total. The summed E-state index contributed by atoms with van der Waals surface area (Å²) >= 11 is 0. The van der Waals surface area contributed by atoms with E-state index < -0.39 is 23.6 Å². The Morgan fingerprint density at radius 3 is 2.55 bits per heavy atom. The van der Waals surface area contributed by atoms with Gasteiger partial charge in [-0.1, -0.05) is 82.6 Å². The topological polar surface area (TPSA) is 151 Å². The number of hydrogen-bond acceptors (Lipinski definition) is 6. The number of carboxylic acid groups (broad SMARTS) is 1. The van der Waals surface area contributed by atoms with Crippen LogP contribution >= 0.6 is 0 Å². The van der Waals surface area contributed by atoms with Gasteiger partial charge in [-0.3, -0.25) is 4.79 Å². The summed E-state index contributed by atoms with van der Waals surface area (Å²) in [5, 5.41) is 44.5. The van der Waals surface area contributed by atoms with E-state index >= 15 is 0 Å². The molecule has 2 heterocycles. The molecule has 3 aliphatic rings. The Morgan fingerprint density at radius 1 is 1.06 bits per heavy atom. The lowest BCUT2D eigenvalue weighted by atomic mass is 9.67.